The first-order valence-corrected chi connectivity index (χ1v) is 6.57. The van der Waals surface area contributed by atoms with Crippen LogP contribution in [0.4, 0.5) is 0 Å². The molecule has 4 heteroatoms. The molecular formula is C17H18O4. The predicted molar refractivity (Wildman–Crippen MR) is 80.4 cm³/mol. The highest BCUT2D eigenvalue weighted by Gasteiger charge is 2.18. The van der Waals surface area contributed by atoms with Crippen molar-refractivity contribution in [2.75, 3.05) is 14.2 Å². The number of hydrogen-bond donors (Lipinski definition) is 0. The van der Waals surface area contributed by atoms with Gasteiger partial charge >= 0.3 is 5.97 Å². The minimum absolute atomic E-state index is 0.331. The van der Waals surface area contributed by atoms with Gasteiger partial charge in [0.15, 0.2) is 11.5 Å². The third kappa shape index (κ3) is 3.16. The van der Waals surface area contributed by atoms with Gasteiger partial charge in [-0.1, -0.05) is 18.2 Å². The molecule has 0 fully saturated rings. The largest absolute Gasteiger partial charge is 0.493 e. The van der Waals surface area contributed by atoms with Crippen molar-refractivity contribution in [2.24, 2.45) is 0 Å². The standard InChI is InChI=1S/C17H18O4/c1-11-8-9-12(2)15(10-11)21-17(18)13-6-5-7-14(19-3)16(13)20-4/h5-10H,1-4H3. The van der Waals surface area contributed by atoms with Gasteiger partial charge in [0, 0.05) is 0 Å². The van der Waals surface area contributed by atoms with Gasteiger partial charge in [0.05, 0.1) is 14.2 Å². The maximum Gasteiger partial charge on any atom is 0.347 e. The highest BCUT2D eigenvalue weighted by atomic mass is 16.5. The lowest BCUT2D eigenvalue weighted by Gasteiger charge is -2.13. The van der Waals surface area contributed by atoms with E-state index in [0.29, 0.717) is 22.8 Å². The van der Waals surface area contributed by atoms with E-state index >= 15 is 0 Å². The van der Waals surface area contributed by atoms with Gasteiger partial charge in [-0.2, -0.15) is 0 Å². The second kappa shape index (κ2) is 6.31. The molecule has 0 atom stereocenters. The van der Waals surface area contributed by atoms with Gasteiger partial charge in [-0.15, -0.1) is 0 Å². The summed E-state index contributed by atoms with van der Waals surface area (Å²) in [5.41, 5.74) is 2.26. The first kappa shape index (κ1) is 14.9. The van der Waals surface area contributed by atoms with E-state index in [-0.39, 0.29) is 0 Å². The predicted octanol–water partition coefficient (Wildman–Crippen LogP) is 3.54. The summed E-state index contributed by atoms with van der Waals surface area (Å²) < 4.78 is 15.9. The van der Waals surface area contributed by atoms with E-state index in [1.54, 1.807) is 18.2 Å². The minimum Gasteiger partial charge on any atom is -0.493 e. The Kier molecular flexibility index (Phi) is 4.48. The number of esters is 1. The van der Waals surface area contributed by atoms with Crippen LogP contribution in [0.1, 0.15) is 21.5 Å². The van der Waals surface area contributed by atoms with Crippen molar-refractivity contribution in [1.82, 2.24) is 0 Å². The monoisotopic (exact) mass is 286 g/mol. The molecule has 0 N–H and O–H groups in total. The summed E-state index contributed by atoms with van der Waals surface area (Å²) in [6.45, 7) is 3.84. The number of para-hydroxylation sites is 1. The second-order valence-corrected chi connectivity index (χ2v) is 4.70. The highest BCUT2D eigenvalue weighted by Crippen LogP contribution is 2.31. The Morgan fingerprint density at radius 1 is 0.952 bits per heavy atom. The molecule has 0 bridgehead atoms. The summed E-state index contributed by atoms with van der Waals surface area (Å²) in [7, 11) is 3.02. The van der Waals surface area contributed by atoms with E-state index in [2.05, 4.69) is 0 Å². The van der Waals surface area contributed by atoms with Crippen LogP contribution >= 0.6 is 0 Å². The molecule has 4 nitrogen and oxygen atoms in total. The van der Waals surface area contributed by atoms with Crippen molar-refractivity contribution in [3.05, 3.63) is 53.1 Å². The Morgan fingerprint density at radius 2 is 1.71 bits per heavy atom. The Hall–Kier alpha value is -2.49. The molecule has 0 unspecified atom stereocenters. The zero-order valence-electron chi connectivity index (χ0n) is 12.6. The zero-order valence-corrected chi connectivity index (χ0v) is 12.6. The SMILES string of the molecule is COc1cccc(C(=O)Oc2cc(C)ccc2C)c1OC. The summed E-state index contributed by atoms with van der Waals surface area (Å²) >= 11 is 0. The number of hydrogen-bond acceptors (Lipinski definition) is 4. The van der Waals surface area contributed by atoms with Crippen LogP contribution in [-0.4, -0.2) is 20.2 Å². The normalized spacial score (nSPS) is 10.1. The Balaban J connectivity index is 2.35. The minimum atomic E-state index is -0.473. The molecular weight excluding hydrogens is 268 g/mol. The summed E-state index contributed by atoms with van der Waals surface area (Å²) in [4.78, 5) is 12.4. The quantitative estimate of drug-likeness (QED) is 0.637. The van der Waals surface area contributed by atoms with Gasteiger partial charge in [-0.3, -0.25) is 0 Å². The van der Waals surface area contributed by atoms with E-state index in [4.69, 9.17) is 14.2 Å². The van der Waals surface area contributed by atoms with Crippen LogP contribution in [0, 0.1) is 13.8 Å². The molecule has 0 radical (unpaired) electrons. The summed E-state index contributed by atoms with van der Waals surface area (Å²) in [5.74, 6) is 0.938. The molecule has 2 rings (SSSR count). The van der Waals surface area contributed by atoms with Crippen LogP contribution in [0.2, 0.25) is 0 Å². The first-order chi connectivity index (χ1) is 10.1. The topological polar surface area (TPSA) is 44.8 Å². The number of carbonyl (C=O) groups excluding carboxylic acids is 1. The van der Waals surface area contributed by atoms with E-state index in [1.165, 1.54) is 14.2 Å². The van der Waals surface area contributed by atoms with Gasteiger partial charge in [0.25, 0.3) is 0 Å². The molecule has 0 aliphatic heterocycles. The first-order valence-electron chi connectivity index (χ1n) is 6.57. The highest BCUT2D eigenvalue weighted by molar-refractivity contribution is 5.95. The van der Waals surface area contributed by atoms with Crippen LogP contribution in [0.15, 0.2) is 36.4 Å². The molecule has 110 valence electrons. The van der Waals surface area contributed by atoms with Crippen molar-refractivity contribution < 1.29 is 19.0 Å². The summed E-state index contributed by atoms with van der Waals surface area (Å²) in [6, 6.07) is 10.8. The van der Waals surface area contributed by atoms with Gasteiger partial charge in [-0.25, -0.2) is 4.79 Å². The van der Waals surface area contributed by atoms with Crippen LogP contribution in [0.3, 0.4) is 0 Å². The lowest BCUT2D eigenvalue weighted by atomic mass is 10.1. The zero-order chi connectivity index (χ0) is 15.4. The van der Waals surface area contributed by atoms with Crippen LogP contribution < -0.4 is 14.2 Å². The molecule has 2 aromatic rings. The second-order valence-electron chi connectivity index (χ2n) is 4.70. The fourth-order valence-electron chi connectivity index (χ4n) is 2.02. The maximum absolute atomic E-state index is 12.4. The van der Waals surface area contributed by atoms with Crippen molar-refractivity contribution in [3.8, 4) is 17.2 Å². The van der Waals surface area contributed by atoms with Gasteiger partial charge in [-0.05, 0) is 43.2 Å². The van der Waals surface area contributed by atoms with Gasteiger partial charge < -0.3 is 14.2 Å². The van der Waals surface area contributed by atoms with Gasteiger partial charge in [0.2, 0.25) is 0 Å². The molecule has 0 amide bonds. The molecule has 0 spiro atoms. The lowest BCUT2D eigenvalue weighted by Crippen LogP contribution is -2.11. The van der Waals surface area contributed by atoms with Crippen LogP contribution in [0.5, 0.6) is 17.2 Å². The molecule has 0 aromatic heterocycles. The van der Waals surface area contributed by atoms with Crippen LogP contribution in [0.25, 0.3) is 0 Å². The number of ether oxygens (including phenoxy) is 3. The van der Waals surface area contributed by atoms with Crippen molar-refractivity contribution in [1.29, 1.82) is 0 Å². The smallest absolute Gasteiger partial charge is 0.347 e. The summed E-state index contributed by atoms with van der Waals surface area (Å²) in [5, 5.41) is 0. The van der Waals surface area contributed by atoms with Crippen molar-refractivity contribution in [3.63, 3.8) is 0 Å². The Bertz CT molecular complexity index is 662. The molecule has 0 aliphatic carbocycles. The number of rotatable bonds is 4. The van der Waals surface area contributed by atoms with Crippen molar-refractivity contribution in [2.45, 2.75) is 13.8 Å². The number of benzene rings is 2. The number of carbonyl (C=O) groups is 1. The third-order valence-electron chi connectivity index (χ3n) is 3.17. The number of aryl methyl sites for hydroxylation is 2. The van der Waals surface area contributed by atoms with Crippen molar-refractivity contribution >= 4 is 5.97 Å². The van der Waals surface area contributed by atoms with Crippen LogP contribution in [-0.2, 0) is 0 Å². The Labute approximate surface area is 124 Å². The molecule has 0 heterocycles. The van der Waals surface area contributed by atoms with E-state index in [0.717, 1.165) is 11.1 Å². The maximum atomic E-state index is 12.4. The molecule has 0 saturated carbocycles. The lowest BCUT2D eigenvalue weighted by molar-refractivity contribution is 0.0729. The fourth-order valence-corrected chi connectivity index (χ4v) is 2.02. The molecule has 21 heavy (non-hydrogen) atoms. The molecule has 2 aromatic carbocycles. The number of methoxy groups -OCH3 is 2. The van der Waals surface area contributed by atoms with E-state index < -0.39 is 5.97 Å². The average Bonchev–Trinajstić information content (AvgIpc) is 2.49. The van der Waals surface area contributed by atoms with E-state index in [1.807, 2.05) is 32.0 Å². The fraction of sp³-hybridized carbons (Fsp3) is 0.235. The molecule has 0 aliphatic rings. The van der Waals surface area contributed by atoms with Gasteiger partial charge in [0.1, 0.15) is 11.3 Å². The Morgan fingerprint density at radius 3 is 2.38 bits per heavy atom. The molecule has 0 saturated heterocycles. The average molecular weight is 286 g/mol. The summed E-state index contributed by atoms with van der Waals surface area (Å²) in [6.07, 6.45) is 0. The van der Waals surface area contributed by atoms with E-state index in [9.17, 15) is 4.79 Å². The third-order valence-corrected chi connectivity index (χ3v) is 3.17.